The molecule has 27 heavy (non-hydrogen) atoms. The number of hydrogen-bond acceptors (Lipinski definition) is 5. The highest BCUT2D eigenvalue weighted by Crippen LogP contribution is 2.30. The minimum absolute atomic E-state index is 0.846. The molecule has 0 unspecified atom stereocenters. The van der Waals surface area contributed by atoms with Crippen LogP contribution in [0.5, 0.6) is 17.2 Å². The van der Waals surface area contributed by atoms with Crippen molar-refractivity contribution >= 4 is 21.6 Å². The Balaban J connectivity index is 1.54. The Morgan fingerprint density at radius 3 is 2.11 bits per heavy atom. The molecule has 0 atom stereocenters. The summed E-state index contributed by atoms with van der Waals surface area (Å²) in [6.07, 6.45) is 0.986. The summed E-state index contributed by atoms with van der Waals surface area (Å²) in [7, 11) is 5.08. The van der Waals surface area contributed by atoms with E-state index in [1.807, 2.05) is 6.07 Å². The molecule has 0 spiro atoms. The zero-order valence-corrected chi connectivity index (χ0v) is 17.8. The normalized spacial score (nSPS) is 14.9. The summed E-state index contributed by atoms with van der Waals surface area (Å²) in [6, 6.07) is 12.4. The fourth-order valence-corrected chi connectivity index (χ4v) is 3.78. The quantitative estimate of drug-likeness (QED) is 0.661. The van der Waals surface area contributed by atoms with Gasteiger partial charge in [0.05, 0.1) is 25.8 Å². The third-order valence-corrected chi connectivity index (χ3v) is 5.66. The van der Waals surface area contributed by atoms with Crippen molar-refractivity contribution in [2.45, 2.75) is 6.42 Å². The average molecular weight is 435 g/mol. The maximum Gasteiger partial charge on any atom is 0.135 e. The molecule has 0 aliphatic carbocycles. The van der Waals surface area contributed by atoms with Crippen LogP contribution in [0.25, 0.3) is 0 Å². The van der Waals surface area contributed by atoms with Crippen molar-refractivity contribution in [2.24, 2.45) is 0 Å². The highest BCUT2D eigenvalue weighted by molar-refractivity contribution is 9.10. The lowest BCUT2D eigenvalue weighted by Gasteiger charge is -2.36. The molecular formula is C21H27BrN2O3. The number of methoxy groups -OCH3 is 3. The molecule has 2 aromatic rings. The number of piperazine rings is 1. The molecule has 1 saturated heterocycles. The number of rotatable bonds is 7. The van der Waals surface area contributed by atoms with Gasteiger partial charge in [-0.2, -0.15) is 0 Å². The maximum absolute atomic E-state index is 5.42. The summed E-state index contributed by atoms with van der Waals surface area (Å²) in [5.41, 5.74) is 2.46. The van der Waals surface area contributed by atoms with Crippen molar-refractivity contribution < 1.29 is 14.2 Å². The van der Waals surface area contributed by atoms with E-state index in [-0.39, 0.29) is 0 Å². The zero-order valence-electron chi connectivity index (χ0n) is 16.2. The molecule has 1 aliphatic rings. The van der Waals surface area contributed by atoms with Gasteiger partial charge in [0, 0.05) is 50.5 Å². The molecule has 1 aliphatic heterocycles. The number of halogens is 1. The number of hydrogen-bond donors (Lipinski definition) is 0. The molecule has 0 aromatic heterocycles. The molecule has 0 saturated carbocycles. The van der Waals surface area contributed by atoms with E-state index in [4.69, 9.17) is 14.2 Å². The Labute approximate surface area is 169 Å². The van der Waals surface area contributed by atoms with Crippen LogP contribution in [0.2, 0.25) is 0 Å². The molecule has 0 radical (unpaired) electrons. The smallest absolute Gasteiger partial charge is 0.135 e. The van der Waals surface area contributed by atoms with Crippen LogP contribution < -0.4 is 19.1 Å². The van der Waals surface area contributed by atoms with Gasteiger partial charge in [0.1, 0.15) is 17.2 Å². The molecule has 6 heteroatoms. The summed E-state index contributed by atoms with van der Waals surface area (Å²) in [6.45, 7) is 5.19. The predicted molar refractivity (Wildman–Crippen MR) is 113 cm³/mol. The highest BCUT2D eigenvalue weighted by Gasteiger charge is 2.18. The van der Waals surface area contributed by atoms with Gasteiger partial charge in [-0.05, 0) is 52.2 Å². The average Bonchev–Trinajstić information content (AvgIpc) is 2.72. The van der Waals surface area contributed by atoms with Crippen molar-refractivity contribution in [3.8, 4) is 17.2 Å². The number of anilines is 1. The van der Waals surface area contributed by atoms with Crippen LogP contribution in [-0.2, 0) is 6.42 Å². The van der Waals surface area contributed by atoms with Crippen molar-refractivity contribution in [1.82, 2.24) is 4.90 Å². The van der Waals surface area contributed by atoms with E-state index in [9.17, 15) is 0 Å². The first-order valence-corrected chi connectivity index (χ1v) is 9.95. The molecule has 1 heterocycles. The van der Waals surface area contributed by atoms with E-state index in [1.54, 1.807) is 21.3 Å². The van der Waals surface area contributed by atoms with Crippen LogP contribution in [0.15, 0.2) is 40.9 Å². The second-order valence-corrected chi connectivity index (χ2v) is 7.47. The molecule has 3 rings (SSSR count). The lowest BCUT2D eigenvalue weighted by molar-refractivity contribution is 0.260. The Hall–Kier alpha value is -1.92. The molecule has 0 N–H and O–H groups in total. The van der Waals surface area contributed by atoms with Crippen molar-refractivity contribution in [3.63, 3.8) is 0 Å². The molecule has 5 nitrogen and oxygen atoms in total. The van der Waals surface area contributed by atoms with Crippen LogP contribution in [0.1, 0.15) is 5.56 Å². The topological polar surface area (TPSA) is 34.2 Å². The second kappa shape index (κ2) is 9.33. The first-order valence-electron chi connectivity index (χ1n) is 9.15. The molecular weight excluding hydrogens is 408 g/mol. The van der Waals surface area contributed by atoms with Crippen molar-refractivity contribution in [2.75, 3.05) is 59.0 Å². The maximum atomic E-state index is 5.42. The second-order valence-electron chi connectivity index (χ2n) is 6.62. The summed E-state index contributed by atoms with van der Waals surface area (Å²) in [5.74, 6) is 2.57. The van der Waals surface area contributed by atoms with Gasteiger partial charge < -0.3 is 19.1 Å². The molecule has 1 fully saturated rings. The van der Waals surface area contributed by atoms with Crippen molar-refractivity contribution in [1.29, 1.82) is 0 Å². The third kappa shape index (κ3) is 5.08. The highest BCUT2D eigenvalue weighted by atomic mass is 79.9. The monoisotopic (exact) mass is 434 g/mol. The SMILES string of the molecule is COc1cc(CCN2CCN(c3ccc(Br)c(OC)c3)CC2)cc(OC)c1. The van der Waals surface area contributed by atoms with Gasteiger partial charge in [-0.15, -0.1) is 0 Å². The first-order chi connectivity index (χ1) is 13.1. The van der Waals surface area contributed by atoms with Gasteiger partial charge in [-0.25, -0.2) is 0 Å². The fraction of sp³-hybridized carbons (Fsp3) is 0.429. The Bertz CT molecular complexity index is 739. The predicted octanol–water partition coefficient (Wildman–Crippen LogP) is 3.84. The van der Waals surface area contributed by atoms with Crippen LogP contribution >= 0.6 is 15.9 Å². The summed E-state index contributed by atoms with van der Waals surface area (Å²) < 4.78 is 17.1. The standard InChI is InChI=1S/C21H27BrN2O3/c1-25-18-12-16(13-19(15-18)26-2)6-7-23-8-10-24(11-9-23)17-4-5-20(22)21(14-17)27-3/h4-5,12-15H,6-11H2,1-3H3. The molecule has 0 amide bonds. The third-order valence-electron chi connectivity index (χ3n) is 5.00. The Morgan fingerprint density at radius 2 is 1.52 bits per heavy atom. The molecule has 0 bridgehead atoms. The lowest BCUT2D eigenvalue weighted by atomic mass is 10.1. The van der Waals surface area contributed by atoms with E-state index in [0.717, 1.165) is 60.9 Å². The van der Waals surface area contributed by atoms with Crippen LogP contribution in [-0.4, -0.2) is 59.0 Å². The first kappa shape index (κ1) is 19.8. The Morgan fingerprint density at radius 1 is 0.852 bits per heavy atom. The molecule has 146 valence electrons. The summed E-state index contributed by atoms with van der Waals surface area (Å²) in [5, 5.41) is 0. The van der Waals surface area contributed by atoms with Crippen LogP contribution in [0, 0.1) is 0 Å². The van der Waals surface area contributed by atoms with Gasteiger partial charge in [0.25, 0.3) is 0 Å². The molecule has 2 aromatic carbocycles. The van der Waals surface area contributed by atoms with E-state index in [2.05, 4.69) is 56.1 Å². The number of benzene rings is 2. The van der Waals surface area contributed by atoms with Gasteiger partial charge in [0.15, 0.2) is 0 Å². The summed E-state index contributed by atoms with van der Waals surface area (Å²) in [4.78, 5) is 4.93. The Kier molecular flexibility index (Phi) is 6.85. The zero-order chi connectivity index (χ0) is 19.2. The lowest BCUT2D eigenvalue weighted by Crippen LogP contribution is -2.47. The van der Waals surface area contributed by atoms with Gasteiger partial charge in [-0.3, -0.25) is 4.90 Å². The fourth-order valence-electron chi connectivity index (χ4n) is 3.37. The number of ether oxygens (including phenoxy) is 3. The minimum Gasteiger partial charge on any atom is -0.497 e. The van der Waals surface area contributed by atoms with E-state index in [0.29, 0.717) is 0 Å². The van der Waals surface area contributed by atoms with Crippen LogP contribution in [0.3, 0.4) is 0 Å². The van der Waals surface area contributed by atoms with Gasteiger partial charge in [-0.1, -0.05) is 0 Å². The number of nitrogens with zero attached hydrogens (tertiary/aromatic N) is 2. The van der Waals surface area contributed by atoms with Crippen molar-refractivity contribution in [3.05, 3.63) is 46.4 Å². The van der Waals surface area contributed by atoms with E-state index in [1.165, 1.54) is 11.3 Å². The van der Waals surface area contributed by atoms with Gasteiger partial charge >= 0.3 is 0 Å². The summed E-state index contributed by atoms with van der Waals surface area (Å²) >= 11 is 3.52. The van der Waals surface area contributed by atoms with Crippen LogP contribution in [0.4, 0.5) is 5.69 Å². The largest absolute Gasteiger partial charge is 0.497 e. The minimum atomic E-state index is 0.846. The van der Waals surface area contributed by atoms with E-state index >= 15 is 0 Å². The van der Waals surface area contributed by atoms with E-state index < -0.39 is 0 Å². The van der Waals surface area contributed by atoms with Gasteiger partial charge in [0.2, 0.25) is 0 Å².